The number of rotatable bonds is 2. The van der Waals surface area contributed by atoms with E-state index in [-0.39, 0.29) is 24.7 Å². The third-order valence-corrected chi connectivity index (χ3v) is 4.27. The molecule has 0 aliphatic carbocycles. The number of amides is 1. The van der Waals surface area contributed by atoms with E-state index in [1.807, 2.05) is 7.05 Å². The summed E-state index contributed by atoms with van der Waals surface area (Å²) in [5.74, 6) is -1.73. The van der Waals surface area contributed by atoms with Crippen molar-refractivity contribution in [3.8, 4) is 0 Å². The third kappa shape index (κ3) is 2.78. The van der Waals surface area contributed by atoms with Crippen molar-refractivity contribution in [2.24, 2.45) is 0 Å². The Morgan fingerprint density at radius 2 is 2.10 bits per heavy atom. The summed E-state index contributed by atoms with van der Waals surface area (Å²) in [4.78, 5) is 16.2. The number of hydrogen-bond donors (Lipinski definition) is 1. The number of carbonyl (C=O) groups is 1. The van der Waals surface area contributed by atoms with Gasteiger partial charge in [0.25, 0.3) is 0 Å². The van der Waals surface area contributed by atoms with E-state index < -0.39 is 11.6 Å². The number of carbonyl (C=O) groups excluding carboxylic acids is 1. The zero-order chi connectivity index (χ0) is 15.0. The van der Waals surface area contributed by atoms with Crippen LogP contribution < -0.4 is 5.32 Å². The van der Waals surface area contributed by atoms with E-state index in [0.717, 1.165) is 32.0 Å². The van der Waals surface area contributed by atoms with Crippen LogP contribution >= 0.6 is 0 Å². The molecule has 2 heterocycles. The third-order valence-electron chi connectivity index (χ3n) is 4.27. The van der Waals surface area contributed by atoms with Gasteiger partial charge in [0, 0.05) is 12.6 Å². The number of benzene rings is 1. The lowest BCUT2D eigenvalue weighted by atomic mass is 10.0. The normalized spacial score (nSPS) is 27.4. The van der Waals surface area contributed by atoms with E-state index in [1.54, 1.807) is 4.90 Å². The Morgan fingerprint density at radius 1 is 1.29 bits per heavy atom. The molecule has 6 heteroatoms. The summed E-state index contributed by atoms with van der Waals surface area (Å²) >= 11 is 0. The monoisotopic (exact) mass is 295 g/mol. The molecule has 2 aliphatic heterocycles. The molecular weight excluding hydrogens is 276 g/mol. The van der Waals surface area contributed by atoms with E-state index >= 15 is 0 Å². The Balaban J connectivity index is 1.86. The standard InChI is InChI=1S/C15H19F2N3O/c1-19-6-2-3-11(9-19)20-14(21)8-18-15(20)10-4-5-12(16)13(17)7-10/h4-5,7,11,15,18H,2-3,6,8-9H2,1H3. The fraction of sp³-hybridized carbons (Fsp3) is 0.533. The van der Waals surface area contributed by atoms with Gasteiger partial charge in [0.15, 0.2) is 11.6 Å². The highest BCUT2D eigenvalue weighted by Gasteiger charge is 2.38. The molecule has 2 aliphatic rings. The van der Waals surface area contributed by atoms with Gasteiger partial charge in [-0.2, -0.15) is 0 Å². The van der Waals surface area contributed by atoms with Crippen molar-refractivity contribution in [1.29, 1.82) is 0 Å². The molecular formula is C15H19F2N3O. The van der Waals surface area contributed by atoms with Gasteiger partial charge in [-0.1, -0.05) is 6.07 Å². The van der Waals surface area contributed by atoms with Crippen molar-refractivity contribution in [1.82, 2.24) is 15.1 Å². The topological polar surface area (TPSA) is 35.6 Å². The highest BCUT2D eigenvalue weighted by Crippen LogP contribution is 2.29. The van der Waals surface area contributed by atoms with Crippen LogP contribution in [0, 0.1) is 11.6 Å². The van der Waals surface area contributed by atoms with Gasteiger partial charge in [0.2, 0.25) is 5.91 Å². The first-order chi connectivity index (χ1) is 10.1. The Bertz CT molecular complexity index is 552. The molecule has 2 atom stereocenters. The van der Waals surface area contributed by atoms with Gasteiger partial charge in [-0.05, 0) is 44.1 Å². The van der Waals surface area contributed by atoms with Crippen LogP contribution in [0.2, 0.25) is 0 Å². The minimum absolute atomic E-state index is 0.0185. The summed E-state index contributed by atoms with van der Waals surface area (Å²) in [5, 5.41) is 3.10. The van der Waals surface area contributed by atoms with Crippen LogP contribution in [0.5, 0.6) is 0 Å². The molecule has 4 nitrogen and oxygen atoms in total. The average molecular weight is 295 g/mol. The van der Waals surface area contributed by atoms with E-state index in [9.17, 15) is 13.6 Å². The molecule has 0 bridgehead atoms. The largest absolute Gasteiger partial charge is 0.318 e. The van der Waals surface area contributed by atoms with Gasteiger partial charge in [-0.15, -0.1) is 0 Å². The molecule has 0 saturated carbocycles. The molecule has 0 aromatic heterocycles. The molecule has 0 radical (unpaired) electrons. The Labute approximate surface area is 122 Å². The predicted molar refractivity (Wildman–Crippen MR) is 74.5 cm³/mol. The van der Waals surface area contributed by atoms with Crippen molar-refractivity contribution in [3.63, 3.8) is 0 Å². The molecule has 1 amide bonds. The highest BCUT2D eigenvalue weighted by atomic mass is 19.2. The number of nitrogens with zero attached hydrogens (tertiary/aromatic N) is 2. The number of likely N-dealkylation sites (N-methyl/N-ethyl adjacent to an activating group) is 1. The number of nitrogens with one attached hydrogen (secondary N) is 1. The molecule has 2 unspecified atom stereocenters. The molecule has 2 saturated heterocycles. The van der Waals surface area contributed by atoms with Crippen LogP contribution in [-0.2, 0) is 4.79 Å². The second-order valence-electron chi connectivity index (χ2n) is 5.82. The minimum atomic E-state index is -0.880. The Morgan fingerprint density at radius 3 is 2.81 bits per heavy atom. The summed E-state index contributed by atoms with van der Waals surface area (Å²) in [5.41, 5.74) is 0.591. The zero-order valence-electron chi connectivity index (χ0n) is 12.0. The second-order valence-corrected chi connectivity index (χ2v) is 5.82. The lowest BCUT2D eigenvalue weighted by Gasteiger charge is -2.38. The minimum Gasteiger partial charge on any atom is -0.318 e. The number of hydrogen-bond acceptors (Lipinski definition) is 3. The van der Waals surface area contributed by atoms with Crippen LogP contribution in [0.3, 0.4) is 0 Å². The summed E-state index contributed by atoms with van der Waals surface area (Å²) in [7, 11) is 2.03. The number of halogens is 2. The van der Waals surface area contributed by atoms with E-state index in [4.69, 9.17) is 0 Å². The summed E-state index contributed by atoms with van der Waals surface area (Å²) in [6.45, 7) is 2.08. The van der Waals surface area contributed by atoms with E-state index in [2.05, 4.69) is 10.2 Å². The van der Waals surface area contributed by atoms with Gasteiger partial charge < -0.3 is 9.80 Å². The van der Waals surface area contributed by atoms with Crippen LogP contribution in [0.1, 0.15) is 24.6 Å². The van der Waals surface area contributed by atoms with Crippen LogP contribution in [0.15, 0.2) is 18.2 Å². The van der Waals surface area contributed by atoms with E-state index in [1.165, 1.54) is 12.1 Å². The van der Waals surface area contributed by atoms with Crippen LogP contribution in [-0.4, -0.2) is 48.4 Å². The highest BCUT2D eigenvalue weighted by molar-refractivity contribution is 5.81. The van der Waals surface area contributed by atoms with Gasteiger partial charge in [0.1, 0.15) is 6.17 Å². The lowest BCUT2D eigenvalue weighted by molar-refractivity contribution is -0.131. The van der Waals surface area contributed by atoms with Gasteiger partial charge in [-0.25, -0.2) is 8.78 Å². The fourth-order valence-electron chi connectivity index (χ4n) is 3.26. The molecule has 1 N–H and O–H groups in total. The maximum atomic E-state index is 13.4. The number of likely N-dealkylation sites (tertiary alicyclic amines) is 1. The summed E-state index contributed by atoms with van der Waals surface area (Å²) < 4.78 is 26.5. The molecule has 21 heavy (non-hydrogen) atoms. The predicted octanol–water partition coefficient (Wildman–Crippen LogP) is 1.49. The van der Waals surface area contributed by atoms with Crippen molar-refractivity contribution < 1.29 is 13.6 Å². The maximum absolute atomic E-state index is 13.4. The van der Waals surface area contributed by atoms with Gasteiger partial charge >= 0.3 is 0 Å². The van der Waals surface area contributed by atoms with Crippen LogP contribution in [0.4, 0.5) is 8.78 Å². The van der Waals surface area contributed by atoms with Crippen molar-refractivity contribution in [2.45, 2.75) is 25.0 Å². The quantitative estimate of drug-likeness (QED) is 0.898. The molecule has 114 valence electrons. The Hall–Kier alpha value is -1.53. The number of piperidine rings is 1. The first kappa shape index (κ1) is 14.4. The van der Waals surface area contributed by atoms with Gasteiger partial charge in [-0.3, -0.25) is 10.1 Å². The van der Waals surface area contributed by atoms with Gasteiger partial charge in [0.05, 0.1) is 6.54 Å². The average Bonchev–Trinajstić information content (AvgIpc) is 2.84. The SMILES string of the molecule is CN1CCCC(N2C(=O)CNC2c2ccc(F)c(F)c2)C1. The fourth-order valence-corrected chi connectivity index (χ4v) is 3.26. The van der Waals surface area contributed by atoms with Crippen molar-refractivity contribution >= 4 is 5.91 Å². The Kier molecular flexibility index (Phi) is 3.91. The first-order valence-corrected chi connectivity index (χ1v) is 7.24. The molecule has 3 rings (SSSR count). The van der Waals surface area contributed by atoms with Crippen molar-refractivity contribution in [2.75, 3.05) is 26.7 Å². The molecule has 0 spiro atoms. The van der Waals surface area contributed by atoms with Crippen LogP contribution in [0.25, 0.3) is 0 Å². The lowest BCUT2D eigenvalue weighted by Crippen LogP contribution is -2.48. The first-order valence-electron chi connectivity index (χ1n) is 7.24. The molecule has 1 aromatic rings. The second kappa shape index (κ2) is 5.69. The van der Waals surface area contributed by atoms with E-state index in [0.29, 0.717) is 5.56 Å². The zero-order valence-corrected chi connectivity index (χ0v) is 12.0. The maximum Gasteiger partial charge on any atom is 0.238 e. The van der Waals surface area contributed by atoms with Crippen molar-refractivity contribution in [3.05, 3.63) is 35.4 Å². The summed E-state index contributed by atoms with van der Waals surface area (Å²) in [6, 6.07) is 3.93. The molecule has 1 aromatic carbocycles. The molecule has 2 fully saturated rings. The summed E-state index contributed by atoms with van der Waals surface area (Å²) in [6.07, 6.45) is 1.61. The smallest absolute Gasteiger partial charge is 0.238 e.